The number of amides is 2. The summed E-state index contributed by atoms with van der Waals surface area (Å²) in [7, 11) is 0. The second-order valence-electron chi connectivity index (χ2n) is 4.76. The lowest BCUT2D eigenvalue weighted by Gasteiger charge is -2.13. The Morgan fingerprint density at radius 3 is 2.67 bits per heavy atom. The van der Waals surface area contributed by atoms with Crippen molar-refractivity contribution in [2.45, 2.75) is 32.6 Å². The van der Waals surface area contributed by atoms with Crippen LogP contribution in [-0.4, -0.2) is 12.3 Å². The van der Waals surface area contributed by atoms with Crippen LogP contribution < -0.4 is 10.6 Å². The summed E-state index contributed by atoms with van der Waals surface area (Å²) in [5, 5.41) is 5.56. The lowest BCUT2D eigenvalue weighted by Crippen LogP contribution is -2.20. The van der Waals surface area contributed by atoms with Crippen molar-refractivity contribution < 1.29 is 9.59 Å². The van der Waals surface area contributed by atoms with Gasteiger partial charge in [-0.2, -0.15) is 0 Å². The Bertz CT molecular complexity index is 451. The van der Waals surface area contributed by atoms with E-state index in [1.165, 1.54) is 0 Å². The zero-order chi connectivity index (χ0) is 13.0. The molecule has 0 atom stereocenters. The summed E-state index contributed by atoms with van der Waals surface area (Å²) in [6.07, 6.45) is 4.94. The number of benzene rings is 1. The number of aryl methyl sites for hydroxylation is 1. The lowest BCUT2D eigenvalue weighted by molar-refractivity contribution is -0.119. The van der Waals surface area contributed by atoms with E-state index in [2.05, 4.69) is 10.6 Å². The van der Waals surface area contributed by atoms with Gasteiger partial charge in [0.05, 0.1) is 0 Å². The average molecular weight is 246 g/mol. The fraction of sp³-hybridized carbons (Fsp3) is 0.429. The number of nitrogens with one attached hydrogen (secondary N) is 2. The molecule has 0 aliphatic heterocycles. The molecule has 0 heterocycles. The van der Waals surface area contributed by atoms with Gasteiger partial charge in [0.25, 0.3) is 0 Å². The fourth-order valence-electron chi connectivity index (χ4n) is 2.38. The van der Waals surface area contributed by atoms with Crippen LogP contribution in [0.1, 0.15) is 31.2 Å². The highest BCUT2D eigenvalue weighted by molar-refractivity contribution is 5.93. The van der Waals surface area contributed by atoms with Crippen LogP contribution in [0.4, 0.5) is 11.4 Å². The average Bonchev–Trinajstić information content (AvgIpc) is 2.86. The lowest BCUT2D eigenvalue weighted by atomic mass is 10.1. The van der Waals surface area contributed by atoms with E-state index in [9.17, 15) is 9.59 Å². The Kier molecular flexibility index (Phi) is 3.97. The van der Waals surface area contributed by atoms with Crippen molar-refractivity contribution >= 4 is 23.7 Å². The topological polar surface area (TPSA) is 58.2 Å². The van der Waals surface area contributed by atoms with E-state index in [-0.39, 0.29) is 11.8 Å². The third kappa shape index (κ3) is 2.88. The molecule has 0 unspecified atom stereocenters. The van der Waals surface area contributed by atoms with E-state index in [4.69, 9.17) is 0 Å². The summed E-state index contributed by atoms with van der Waals surface area (Å²) in [5.74, 6) is 0.281. The number of carbonyl (C=O) groups excluding carboxylic acids is 2. The van der Waals surface area contributed by atoms with Gasteiger partial charge in [-0.1, -0.05) is 12.8 Å². The molecule has 0 spiro atoms. The number of carbonyl (C=O) groups is 2. The van der Waals surface area contributed by atoms with Crippen LogP contribution >= 0.6 is 0 Å². The van der Waals surface area contributed by atoms with Crippen LogP contribution in [0.5, 0.6) is 0 Å². The first-order chi connectivity index (χ1) is 8.70. The monoisotopic (exact) mass is 246 g/mol. The molecule has 96 valence electrons. The standard InChI is InChI=1S/C14H18N2O2/c1-10-8-12(15-9-17)6-7-13(10)16-14(18)11-4-2-3-5-11/h6-9,11H,2-5H2,1H3,(H,15,17)(H,16,18). The second kappa shape index (κ2) is 5.67. The van der Waals surface area contributed by atoms with Crippen LogP contribution in [0.15, 0.2) is 18.2 Å². The molecule has 0 radical (unpaired) electrons. The highest BCUT2D eigenvalue weighted by atomic mass is 16.2. The molecule has 0 bridgehead atoms. The maximum atomic E-state index is 12.0. The molecule has 1 saturated carbocycles. The highest BCUT2D eigenvalue weighted by Crippen LogP contribution is 2.27. The van der Waals surface area contributed by atoms with Crippen molar-refractivity contribution in [2.24, 2.45) is 5.92 Å². The van der Waals surface area contributed by atoms with Gasteiger partial charge < -0.3 is 10.6 Å². The molecule has 2 N–H and O–H groups in total. The zero-order valence-electron chi connectivity index (χ0n) is 10.5. The van der Waals surface area contributed by atoms with Crippen molar-refractivity contribution in [3.05, 3.63) is 23.8 Å². The van der Waals surface area contributed by atoms with Gasteiger partial charge in [-0.3, -0.25) is 9.59 Å². The molecule has 18 heavy (non-hydrogen) atoms. The van der Waals surface area contributed by atoms with E-state index < -0.39 is 0 Å². The maximum Gasteiger partial charge on any atom is 0.227 e. The number of hydrogen-bond acceptors (Lipinski definition) is 2. The highest BCUT2D eigenvalue weighted by Gasteiger charge is 2.22. The van der Waals surface area contributed by atoms with E-state index in [0.717, 1.165) is 42.6 Å². The first kappa shape index (κ1) is 12.6. The van der Waals surface area contributed by atoms with E-state index in [1.807, 2.05) is 19.1 Å². The van der Waals surface area contributed by atoms with E-state index >= 15 is 0 Å². The van der Waals surface area contributed by atoms with Gasteiger partial charge in [0.1, 0.15) is 0 Å². The van der Waals surface area contributed by atoms with Crippen LogP contribution in [-0.2, 0) is 9.59 Å². The maximum absolute atomic E-state index is 12.0. The molecule has 4 heteroatoms. The normalized spacial score (nSPS) is 15.4. The molecular formula is C14H18N2O2. The van der Waals surface area contributed by atoms with Gasteiger partial charge in [-0.05, 0) is 43.5 Å². The minimum atomic E-state index is 0.117. The van der Waals surface area contributed by atoms with Gasteiger partial charge in [0.15, 0.2) is 0 Å². The van der Waals surface area contributed by atoms with Gasteiger partial charge in [-0.15, -0.1) is 0 Å². The zero-order valence-corrected chi connectivity index (χ0v) is 10.5. The summed E-state index contributed by atoms with van der Waals surface area (Å²) >= 11 is 0. The molecule has 0 saturated heterocycles. The van der Waals surface area contributed by atoms with Gasteiger partial charge in [-0.25, -0.2) is 0 Å². The Labute approximate surface area is 107 Å². The quantitative estimate of drug-likeness (QED) is 0.802. The summed E-state index contributed by atoms with van der Waals surface area (Å²) < 4.78 is 0. The molecular weight excluding hydrogens is 228 g/mol. The summed E-state index contributed by atoms with van der Waals surface area (Å²) in [5.41, 5.74) is 2.51. The first-order valence-electron chi connectivity index (χ1n) is 6.32. The fourth-order valence-corrected chi connectivity index (χ4v) is 2.38. The molecule has 1 aliphatic carbocycles. The molecule has 1 aromatic carbocycles. The molecule has 2 amide bonds. The third-order valence-corrected chi connectivity index (χ3v) is 3.44. The summed E-state index contributed by atoms with van der Waals surface area (Å²) in [4.78, 5) is 22.3. The van der Waals surface area contributed by atoms with Crippen molar-refractivity contribution in [1.29, 1.82) is 0 Å². The molecule has 1 aromatic rings. The number of rotatable bonds is 4. The molecule has 2 rings (SSSR count). The molecule has 1 fully saturated rings. The molecule has 0 aromatic heterocycles. The largest absolute Gasteiger partial charge is 0.329 e. The minimum Gasteiger partial charge on any atom is -0.329 e. The molecule has 1 aliphatic rings. The SMILES string of the molecule is Cc1cc(NC=O)ccc1NC(=O)C1CCCC1. The number of hydrogen-bond donors (Lipinski definition) is 2. The van der Waals surface area contributed by atoms with Gasteiger partial charge >= 0.3 is 0 Å². The number of anilines is 2. The molecule has 4 nitrogen and oxygen atoms in total. The second-order valence-corrected chi connectivity index (χ2v) is 4.76. The Morgan fingerprint density at radius 2 is 2.06 bits per heavy atom. The van der Waals surface area contributed by atoms with Crippen molar-refractivity contribution in [3.8, 4) is 0 Å². The third-order valence-electron chi connectivity index (χ3n) is 3.44. The van der Waals surface area contributed by atoms with E-state index in [0.29, 0.717) is 6.41 Å². The Hall–Kier alpha value is -1.84. The van der Waals surface area contributed by atoms with Crippen molar-refractivity contribution in [2.75, 3.05) is 10.6 Å². The van der Waals surface area contributed by atoms with Crippen LogP contribution in [0.2, 0.25) is 0 Å². The Balaban J connectivity index is 2.04. The Morgan fingerprint density at radius 1 is 1.33 bits per heavy atom. The predicted molar refractivity (Wildman–Crippen MR) is 71.5 cm³/mol. The van der Waals surface area contributed by atoms with Crippen LogP contribution in [0, 0.1) is 12.8 Å². The van der Waals surface area contributed by atoms with Gasteiger partial charge in [0.2, 0.25) is 12.3 Å². The minimum absolute atomic E-state index is 0.117. The van der Waals surface area contributed by atoms with E-state index in [1.54, 1.807) is 6.07 Å². The van der Waals surface area contributed by atoms with Crippen LogP contribution in [0.25, 0.3) is 0 Å². The smallest absolute Gasteiger partial charge is 0.227 e. The first-order valence-corrected chi connectivity index (χ1v) is 6.32. The van der Waals surface area contributed by atoms with Crippen LogP contribution in [0.3, 0.4) is 0 Å². The van der Waals surface area contributed by atoms with Gasteiger partial charge in [0, 0.05) is 17.3 Å². The predicted octanol–water partition coefficient (Wildman–Crippen LogP) is 2.69. The summed E-state index contributed by atoms with van der Waals surface area (Å²) in [6, 6.07) is 5.46. The van der Waals surface area contributed by atoms with Crippen molar-refractivity contribution in [3.63, 3.8) is 0 Å². The summed E-state index contributed by atoms with van der Waals surface area (Å²) in [6.45, 7) is 1.92. The van der Waals surface area contributed by atoms with Crippen molar-refractivity contribution in [1.82, 2.24) is 0 Å².